The van der Waals surface area contributed by atoms with Crippen LogP contribution in [0.15, 0.2) is 30.6 Å². The van der Waals surface area contributed by atoms with E-state index in [1.165, 1.54) is 0 Å². The van der Waals surface area contributed by atoms with Gasteiger partial charge < -0.3 is 10.6 Å². The first-order chi connectivity index (χ1) is 14.4. The minimum absolute atomic E-state index is 0.189. The maximum Gasteiger partial charge on any atom is 0.273 e. The highest BCUT2D eigenvalue weighted by atomic mass is 35.5. The van der Waals surface area contributed by atoms with E-state index in [1.807, 2.05) is 13.8 Å². The van der Waals surface area contributed by atoms with Crippen LogP contribution < -0.4 is 10.6 Å². The Morgan fingerprint density at radius 3 is 2.80 bits per heavy atom. The summed E-state index contributed by atoms with van der Waals surface area (Å²) in [5.74, 6) is -0.264. The van der Waals surface area contributed by atoms with Crippen molar-refractivity contribution >= 4 is 28.9 Å². The predicted molar refractivity (Wildman–Crippen MR) is 114 cm³/mol. The number of hydrogen-bond donors (Lipinski definition) is 3. The van der Waals surface area contributed by atoms with Gasteiger partial charge in [0.15, 0.2) is 5.69 Å². The van der Waals surface area contributed by atoms with E-state index in [4.69, 9.17) is 11.6 Å². The van der Waals surface area contributed by atoms with Crippen LogP contribution >= 0.6 is 11.6 Å². The van der Waals surface area contributed by atoms with E-state index in [0.29, 0.717) is 23.6 Å². The van der Waals surface area contributed by atoms with Crippen LogP contribution in [0.5, 0.6) is 0 Å². The van der Waals surface area contributed by atoms with Gasteiger partial charge in [0, 0.05) is 12.7 Å². The number of carbonyl (C=O) groups is 2. The second-order valence-electron chi connectivity index (χ2n) is 7.98. The van der Waals surface area contributed by atoms with Gasteiger partial charge in [-0.25, -0.2) is 4.52 Å². The van der Waals surface area contributed by atoms with Crippen molar-refractivity contribution in [1.82, 2.24) is 30.4 Å². The van der Waals surface area contributed by atoms with Crippen molar-refractivity contribution in [2.24, 2.45) is 5.92 Å². The Morgan fingerprint density at radius 2 is 2.13 bits per heavy atom. The molecule has 1 aliphatic carbocycles. The van der Waals surface area contributed by atoms with Gasteiger partial charge >= 0.3 is 0 Å². The molecule has 1 aliphatic rings. The number of hydrogen-bond acceptors (Lipinski definition) is 4. The van der Waals surface area contributed by atoms with Gasteiger partial charge in [-0.3, -0.25) is 14.7 Å². The second-order valence-corrected chi connectivity index (χ2v) is 8.36. The molecule has 8 nitrogen and oxygen atoms in total. The number of carbonyl (C=O) groups excluding carboxylic acids is 2. The normalized spacial score (nSPS) is 16.1. The maximum absolute atomic E-state index is 12.9. The van der Waals surface area contributed by atoms with Crippen molar-refractivity contribution in [3.63, 3.8) is 0 Å². The summed E-state index contributed by atoms with van der Waals surface area (Å²) in [6.45, 7) is 4.21. The fourth-order valence-corrected chi connectivity index (χ4v) is 4.21. The fraction of sp³-hybridized carbons (Fsp3) is 0.429. The molecule has 3 N–H and O–H groups in total. The Balaban J connectivity index is 1.50. The third-order valence-corrected chi connectivity index (χ3v) is 6.45. The number of amides is 2. The Morgan fingerprint density at radius 1 is 1.33 bits per heavy atom. The largest absolute Gasteiger partial charge is 0.350 e. The van der Waals surface area contributed by atoms with Crippen LogP contribution in [0.2, 0.25) is 5.02 Å². The molecule has 3 aromatic heterocycles. The van der Waals surface area contributed by atoms with Gasteiger partial charge in [-0.15, -0.1) is 0 Å². The van der Waals surface area contributed by atoms with Gasteiger partial charge in [0.1, 0.15) is 0 Å². The molecule has 158 valence electrons. The second kappa shape index (κ2) is 8.10. The summed E-state index contributed by atoms with van der Waals surface area (Å²) in [4.78, 5) is 25.8. The first-order valence-corrected chi connectivity index (χ1v) is 10.6. The molecule has 0 aromatic carbocycles. The van der Waals surface area contributed by atoms with Gasteiger partial charge in [0.2, 0.25) is 0 Å². The lowest BCUT2D eigenvalue weighted by Crippen LogP contribution is -2.59. The summed E-state index contributed by atoms with van der Waals surface area (Å²) in [6, 6.07) is 5.35. The van der Waals surface area contributed by atoms with E-state index in [0.717, 1.165) is 30.5 Å². The molecule has 9 heteroatoms. The van der Waals surface area contributed by atoms with Gasteiger partial charge in [0.25, 0.3) is 11.8 Å². The number of H-pyrrole nitrogens is 1. The quantitative estimate of drug-likeness (QED) is 0.538. The molecule has 2 amide bonds. The molecule has 0 bridgehead atoms. The number of aryl methyl sites for hydroxylation is 1. The van der Waals surface area contributed by atoms with E-state index in [-0.39, 0.29) is 23.4 Å². The molecule has 0 saturated heterocycles. The zero-order chi connectivity index (χ0) is 21.3. The zero-order valence-electron chi connectivity index (χ0n) is 17.0. The monoisotopic (exact) mass is 428 g/mol. The summed E-state index contributed by atoms with van der Waals surface area (Å²) in [5.41, 5.74) is 1.59. The van der Waals surface area contributed by atoms with Crippen LogP contribution in [0.4, 0.5) is 0 Å². The van der Waals surface area contributed by atoms with E-state index in [2.05, 4.69) is 25.9 Å². The summed E-state index contributed by atoms with van der Waals surface area (Å²) >= 11 is 6.30. The molecular formula is C21H25ClN6O2. The minimum Gasteiger partial charge on any atom is -0.350 e. The first-order valence-electron chi connectivity index (χ1n) is 10.2. The van der Waals surface area contributed by atoms with Gasteiger partial charge in [-0.1, -0.05) is 24.9 Å². The number of rotatable bonds is 7. The third-order valence-electron chi connectivity index (χ3n) is 6.05. The standard InChI is InChI=1S/C21H25ClN6O2/c1-3-15-17(22)18(27-26-15)20(30)25-21(2,13-6-4-7-13)12-23-19(29)14-8-5-11-28-16(14)9-10-24-28/h5,8-11,13H,3-4,6-7,12H2,1-2H3,(H,23,29)(H,25,30)(H,26,27). The van der Waals surface area contributed by atoms with Crippen molar-refractivity contribution in [2.75, 3.05) is 6.54 Å². The molecule has 3 aromatic rings. The predicted octanol–water partition coefficient (Wildman–Crippen LogP) is 2.99. The molecule has 0 aliphatic heterocycles. The third kappa shape index (κ3) is 3.67. The van der Waals surface area contributed by atoms with Crippen LogP contribution in [0.25, 0.3) is 5.52 Å². The Labute approximate surface area is 179 Å². The molecule has 3 heterocycles. The molecule has 1 saturated carbocycles. The zero-order valence-corrected chi connectivity index (χ0v) is 17.8. The van der Waals surface area contributed by atoms with Crippen molar-refractivity contribution in [1.29, 1.82) is 0 Å². The maximum atomic E-state index is 12.9. The van der Waals surface area contributed by atoms with Crippen molar-refractivity contribution in [3.05, 3.63) is 52.6 Å². The van der Waals surface area contributed by atoms with Gasteiger partial charge in [-0.05, 0) is 50.3 Å². The minimum atomic E-state index is -0.606. The summed E-state index contributed by atoms with van der Waals surface area (Å²) in [6.07, 6.45) is 7.22. The van der Waals surface area contributed by atoms with Crippen LogP contribution in [0.1, 0.15) is 59.7 Å². The molecule has 30 heavy (non-hydrogen) atoms. The lowest BCUT2D eigenvalue weighted by atomic mass is 9.71. The average Bonchev–Trinajstić information content (AvgIpc) is 3.30. The summed E-state index contributed by atoms with van der Waals surface area (Å²) < 4.78 is 1.66. The smallest absolute Gasteiger partial charge is 0.273 e. The summed E-state index contributed by atoms with van der Waals surface area (Å²) in [5, 5.41) is 17.5. The van der Waals surface area contributed by atoms with Crippen molar-refractivity contribution in [3.8, 4) is 0 Å². The molecule has 0 spiro atoms. The van der Waals surface area contributed by atoms with E-state index >= 15 is 0 Å². The number of halogens is 1. The highest BCUT2D eigenvalue weighted by Gasteiger charge is 2.40. The Bertz CT molecular complexity index is 1090. The SMILES string of the molecule is CCc1[nH]nc(C(=O)NC(C)(CNC(=O)c2cccn3nccc23)C2CCC2)c1Cl. The number of fused-ring (bicyclic) bond motifs is 1. The molecule has 4 rings (SSSR count). The van der Waals surface area contributed by atoms with Crippen LogP contribution in [0.3, 0.4) is 0 Å². The Hall–Kier alpha value is -2.87. The first kappa shape index (κ1) is 20.4. The lowest BCUT2D eigenvalue weighted by Gasteiger charge is -2.43. The number of pyridine rings is 1. The van der Waals surface area contributed by atoms with Crippen LogP contribution in [0, 0.1) is 5.92 Å². The highest BCUT2D eigenvalue weighted by molar-refractivity contribution is 6.34. The van der Waals surface area contributed by atoms with Crippen molar-refractivity contribution in [2.45, 2.75) is 45.1 Å². The van der Waals surface area contributed by atoms with E-state index < -0.39 is 5.54 Å². The highest BCUT2D eigenvalue weighted by Crippen LogP contribution is 2.36. The number of nitrogens with zero attached hydrogens (tertiary/aromatic N) is 3. The molecule has 1 fully saturated rings. The van der Waals surface area contributed by atoms with E-state index in [9.17, 15) is 9.59 Å². The van der Waals surface area contributed by atoms with Gasteiger partial charge in [0.05, 0.1) is 33.5 Å². The number of aromatic nitrogens is 4. The topological polar surface area (TPSA) is 104 Å². The number of aromatic amines is 1. The fourth-order valence-electron chi connectivity index (χ4n) is 3.91. The molecule has 0 radical (unpaired) electrons. The Kier molecular flexibility index (Phi) is 5.51. The van der Waals surface area contributed by atoms with Gasteiger partial charge in [-0.2, -0.15) is 10.2 Å². The van der Waals surface area contributed by atoms with Crippen LogP contribution in [-0.4, -0.2) is 43.7 Å². The average molecular weight is 429 g/mol. The lowest BCUT2D eigenvalue weighted by molar-refractivity contribution is 0.0755. The van der Waals surface area contributed by atoms with E-state index in [1.54, 1.807) is 35.1 Å². The van der Waals surface area contributed by atoms with Crippen LogP contribution in [-0.2, 0) is 6.42 Å². The molecule has 1 unspecified atom stereocenters. The molecular weight excluding hydrogens is 404 g/mol. The summed E-state index contributed by atoms with van der Waals surface area (Å²) in [7, 11) is 0. The van der Waals surface area contributed by atoms with Crippen molar-refractivity contribution < 1.29 is 9.59 Å². The number of nitrogens with one attached hydrogen (secondary N) is 3. The molecule has 1 atom stereocenters.